The Balaban J connectivity index is 1.76. The van der Waals surface area contributed by atoms with E-state index in [0.717, 1.165) is 15.8 Å². The first-order valence-corrected chi connectivity index (χ1v) is 7.60. The normalized spacial score (nSPS) is 10.5. The van der Waals surface area contributed by atoms with Crippen molar-refractivity contribution in [1.82, 2.24) is 20.2 Å². The second-order valence-electron chi connectivity index (χ2n) is 4.75. The highest BCUT2D eigenvalue weighted by Gasteiger charge is 2.10. The van der Waals surface area contributed by atoms with Gasteiger partial charge in [-0.1, -0.05) is 12.1 Å². The number of carbonyl (C=O) groups excluding carboxylic acids is 1. The van der Waals surface area contributed by atoms with E-state index in [-0.39, 0.29) is 0 Å². The third kappa shape index (κ3) is 3.37. The summed E-state index contributed by atoms with van der Waals surface area (Å²) in [7, 11) is 0. The largest absolute Gasteiger partial charge is 0.378 e. The van der Waals surface area contributed by atoms with Crippen LogP contribution in [-0.2, 0) is 6.54 Å². The maximum Gasteiger partial charge on any atom is 0.248 e. The first-order chi connectivity index (χ1) is 11.1. The van der Waals surface area contributed by atoms with Crippen LogP contribution in [0.2, 0.25) is 0 Å². The zero-order valence-electron chi connectivity index (χ0n) is 12.0. The number of hydrogen-bond acceptors (Lipinski definition) is 5. The summed E-state index contributed by atoms with van der Waals surface area (Å²) in [5.41, 5.74) is 7.39. The number of nitrogens with two attached hydrogens (primary N) is 1. The molecule has 0 radical (unpaired) electrons. The van der Waals surface area contributed by atoms with Gasteiger partial charge >= 0.3 is 0 Å². The average molecular weight is 373 g/mol. The zero-order chi connectivity index (χ0) is 16.2. The molecule has 23 heavy (non-hydrogen) atoms. The number of amides is 1. The molecule has 3 aromatic rings. The molecule has 0 aliphatic carbocycles. The number of benzene rings is 2. The molecule has 0 fully saturated rings. The Morgan fingerprint density at radius 2 is 1.91 bits per heavy atom. The summed E-state index contributed by atoms with van der Waals surface area (Å²) in [5.74, 6) is 0.213. The number of anilines is 1. The molecule has 1 heterocycles. The summed E-state index contributed by atoms with van der Waals surface area (Å²) < 4.78 is 2.56. The molecule has 1 aromatic heterocycles. The van der Waals surface area contributed by atoms with Crippen LogP contribution in [0.5, 0.6) is 0 Å². The molecule has 0 spiro atoms. The van der Waals surface area contributed by atoms with Crippen molar-refractivity contribution >= 4 is 27.5 Å². The Kier molecular flexibility index (Phi) is 4.33. The van der Waals surface area contributed by atoms with E-state index in [1.165, 1.54) is 0 Å². The number of rotatable bonds is 5. The average Bonchev–Trinajstić information content (AvgIpc) is 3.02. The van der Waals surface area contributed by atoms with Crippen molar-refractivity contribution in [3.8, 4) is 5.69 Å². The lowest BCUT2D eigenvalue weighted by Crippen LogP contribution is -2.11. The van der Waals surface area contributed by atoms with E-state index in [1.807, 2.05) is 24.3 Å². The summed E-state index contributed by atoms with van der Waals surface area (Å²) in [6, 6.07) is 14.6. The van der Waals surface area contributed by atoms with Gasteiger partial charge in [0.25, 0.3) is 0 Å². The smallest absolute Gasteiger partial charge is 0.248 e. The van der Waals surface area contributed by atoms with Gasteiger partial charge < -0.3 is 11.1 Å². The number of nitrogens with zero attached hydrogens (tertiary/aromatic N) is 4. The zero-order valence-corrected chi connectivity index (χ0v) is 13.6. The van der Waals surface area contributed by atoms with Gasteiger partial charge in [0.15, 0.2) is 5.82 Å². The van der Waals surface area contributed by atoms with Crippen LogP contribution in [0.4, 0.5) is 5.69 Å². The van der Waals surface area contributed by atoms with E-state index in [4.69, 9.17) is 5.73 Å². The lowest BCUT2D eigenvalue weighted by atomic mass is 10.2. The minimum absolute atomic E-state index is 0.435. The van der Waals surface area contributed by atoms with Gasteiger partial charge in [0.1, 0.15) is 0 Å². The quantitative estimate of drug-likeness (QED) is 0.714. The molecular formula is C15H13BrN6O. The number of tetrazole rings is 1. The van der Waals surface area contributed by atoms with Crippen molar-refractivity contribution in [2.45, 2.75) is 6.54 Å². The van der Waals surface area contributed by atoms with Crippen LogP contribution in [0.1, 0.15) is 16.2 Å². The molecule has 0 aliphatic rings. The highest BCUT2D eigenvalue weighted by Crippen LogP contribution is 2.20. The van der Waals surface area contributed by atoms with Crippen LogP contribution >= 0.6 is 15.9 Å². The Labute approximate surface area is 140 Å². The van der Waals surface area contributed by atoms with E-state index < -0.39 is 5.91 Å². The van der Waals surface area contributed by atoms with Crippen molar-refractivity contribution in [3.05, 3.63) is 64.4 Å². The lowest BCUT2D eigenvalue weighted by molar-refractivity contribution is 0.100. The third-order valence-corrected chi connectivity index (χ3v) is 3.91. The van der Waals surface area contributed by atoms with Gasteiger partial charge in [-0.25, -0.2) is 0 Å². The van der Waals surface area contributed by atoms with Gasteiger partial charge in [0.2, 0.25) is 5.91 Å². The molecule has 0 saturated carbocycles. The molecule has 7 nitrogen and oxygen atoms in total. The molecule has 1 amide bonds. The first kappa shape index (κ1) is 15.2. The van der Waals surface area contributed by atoms with Crippen molar-refractivity contribution in [1.29, 1.82) is 0 Å². The molecule has 8 heteroatoms. The minimum Gasteiger partial charge on any atom is -0.378 e. The molecule has 3 rings (SSSR count). The van der Waals surface area contributed by atoms with Gasteiger partial charge in [-0.2, -0.15) is 4.68 Å². The number of aromatic nitrogens is 4. The van der Waals surface area contributed by atoms with E-state index in [0.29, 0.717) is 17.9 Å². The molecule has 2 aromatic carbocycles. The Bertz CT molecular complexity index is 830. The summed E-state index contributed by atoms with van der Waals surface area (Å²) in [6.45, 7) is 0.435. The molecular weight excluding hydrogens is 360 g/mol. The molecule has 3 N–H and O–H groups in total. The van der Waals surface area contributed by atoms with E-state index in [1.54, 1.807) is 28.9 Å². The lowest BCUT2D eigenvalue weighted by Gasteiger charge is -2.08. The van der Waals surface area contributed by atoms with Crippen LogP contribution in [0.25, 0.3) is 5.69 Å². The summed E-state index contributed by atoms with van der Waals surface area (Å²) in [4.78, 5) is 11.1. The van der Waals surface area contributed by atoms with E-state index >= 15 is 0 Å². The van der Waals surface area contributed by atoms with E-state index in [9.17, 15) is 4.79 Å². The molecule has 0 atom stereocenters. The number of carbonyl (C=O) groups is 1. The molecule has 116 valence electrons. The highest BCUT2D eigenvalue weighted by molar-refractivity contribution is 9.10. The van der Waals surface area contributed by atoms with Gasteiger partial charge in [-0.05, 0) is 62.8 Å². The van der Waals surface area contributed by atoms with Crippen LogP contribution in [0, 0.1) is 0 Å². The fraction of sp³-hybridized carbons (Fsp3) is 0.0667. The van der Waals surface area contributed by atoms with Gasteiger partial charge in [-0.3, -0.25) is 4.79 Å². The number of hydrogen-bond donors (Lipinski definition) is 2. The fourth-order valence-corrected chi connectivity index (χ4v) is 2.51. The second-order valence-corrected chi connectivity index (χ2v) is 5.61. The summed E-state index contributed by atoms with van der Waals surface area (Å²) in [6.07, 6.45) is 0. The van der Waals surface area contributed by atoms with Crippen LogP contribution < -0.4 is 11.1 Å². The summed E-state index contributed by atoms with van der Waals surface area (Å²) in [5, 5.41) is 15.0. The molecule has 0 unspecified atom stereocenters. The topological polar surface area (TPSA) is 98.7 Å². The Morgan fingerprint density at radius 1 is 1.17 bits per heavy atom. The number of para-hydroxylation sites is 1. The minimum atomic E-state index is -0.450. The van der Waals surface area contributed by atoms with Gasteiger partial charge in [0, 0.05) is 15.7 Å². The predicted octanol–water partition coefficient (Wildman–Crippen LogP) is 2.14. The van der Waals surface area contributed by atoms with E-state index in [2.05, 4.69) is 36.8 Å². The number of halogens is 1. The van der Waals surface area contributed by atoms with Crippen molar-refractivity contribution < 1.29 is 4.79 Å². The highest BCUT2D eigenvalue weighted by atomic mass is 79.9. The molecule has 0 bridgehead atoms. The maximum absolute atomic E-state index is 11.1. The van der Waals surface area contributed by atoms with Crippen molar-refractivity contribution in [2.24, 2.45) is 5.73 Å². The van der Waals surface area contributed by atoms with Crippen molar-refractivity contribution in [2.75, 3.05) is 5.32 Å². The Morgan fingerprint density at radius 3 is 2.61 bits per heavy atom. The Hall–Kier alpha value is -2.74. The van der Waals surface area contributed by atoms with Crippen LogP contribution in [-0.4, -0.2) is 26.1 Å². The predicted molar refractivity (Wildman–Crippen MR) is 89.1 cm³/mol. The number of nitrogens with one attached hydrogen (secondary N) is 1. The first-order valence-electron chi connectivity index (χ1n) is 6.81. The third-order valence-electron chi connectivity index (χ3n) is 3.23. The van der Waals surface area contributed by atoms with Gasteiger partial charge in [-0.15, -0.1) is 5.10 Å². The maximum atomic E-state index is 11.1. The van der Waals surface area contributed by atoms with Crippen molar-refractivity contribution in [3.63, 3.8) is 0 Å². The number of primary amides is 1. The van der Waals surface area contributed by atoms with Crippen LogP contribution in [0.3, 0.4) is 0 Å². The standard InChI is InChI=1S/C15H13BrN6O/c16-12-3-1-2-4-13(12)22-14(19-20-21-22)9-18-11-7-5-10(6-8-11)15(17)23/h1-8,18H,9H2,(H2,17,23). The second kappa shape index (κ2) is 6.57. The van der Waals surface area contributed by atoms with Crippen LogP contribution in [0.15, 0.2) is 53.0 Å². The van der Waals surface area contributed by atoms with Gasteiger partial charge in [0.05, 0.1) is 12.2 Å². The molecule has 0 aliphatic heterocycles. The summed E-state index contributed by atoms with van der Waals surface area (Å²) >= 11 is 3.49. The molecule has 0 saturated heterocycles. The SMILES string of the molecule is NC(=O)c1ccc(NCc2nnnn2-c2ccccc2Br)cc1. The fourth-order valence-electron chi connectivity index (χ4n) is 2.06. The monoisotopic (exact) mass is 372 g/mol.